The van der Waals surface area contributed by atoms with Crippen molar-refractivity contribution in [2.24, 2.45) is 5.41 Å². The van der Waals surface area contributed by atoms with E-state index in [1.54, 1.807) is 6.20 Å². The standard InChI is InChI=1S/C15H17N3O/c1-15(2,11-16)8-5-9-18-14(19)13-7-4-3-6-12(13)10-17-18/h3-4,6-7,10H,5,8-9H2,1-2H3. The molecule has 0 N–H and O–H groups in total. The fourth-order valence-corrected chi connectivity index (χ4v) is 2.01. The molecule has 2 rings (SSSR count). The van der Waals surface area contributed by atoms with Crippen LogP contribution in [0, 0.1) is 16.7 Å². The molecule has 1 heterocycles. The van der Waals surface area contributed by atoms with Crippen molar-refractivity contribution in [3.05, 3.63) is 40.8 Å². The van der Waals surface area contributed by atoms with Gasteiger partial charge in [0.1, 0.15) is 0 Å². The van der Waals surface area contributed by atoms with E-state index >= 15 is 0 Å². The van der Waals surface area contributed by atoms with E-state index in [1.807, 2.05) is 38.1 Å². The molecule has 0 aliphatic heterocycles. The Balaban J connectivity index is 2.17. The lowest BCUT2D eigenvalue weighted by Gasteiger charge is -2.14. The van der Waals surface area contributed by atoms with Gasteiger partial charge in [-0.1, -0.05) is 18.2 Å². The SMILES string of the molecule is CC(C)(C#N)CCCn1ncc2ccccc2c1=O. The maximum absolute atomic E-state index is 12.2. The summed E-state index contributed by atoms with van der Waals surface area (Å²) in [7, 11) is 0. The number of nitriles is 1. The summed E-state index contributed by atoms with van der Waals surface area (Å²) < 4.78 is 1.48. The molecule has 2 aromatic rings. The first kappa shape index (κ1) is 13.3. The van der Waals surface area contributed by atoms with Crippen molar-refractivity contribution >= 4 is 10.8 Å². The van der Waals surface area contributed by atoms with Crippen molar-refractivity contribution in [2.45, 2.75) is 33.2 Å². The Labute approximate surface area is 112 Å². The van der Waals surface area contributed by atoms with Gasteiger partial charge in [-0.05, 0) is 32.8 Å². The zero-order chi connectivity index (χ0) is 13.9. The predicted octanol–water partition coefficient (Wildman–Crippen LogP) is 2.73. The van der Waals surface area contributed by atoms with E-state index in [2.05, 4.69) is 11.2 Å². The molecule has 4 nitrogen and oxygen atoms in total. The number of benzene rings is 1. The third-order valence-corrected chi connectivity index (χ3v) is 3.24. The lowest BCUT2D eigenvalue weighted by Crippen LogP contribution is -2.23. The first-order valence-corrected chi connectivity index (χ1v) is 6.40. The molecule has 19 heavy (non-hydrogen) atoms. The summed E-state index contributed by atoms with van der Waals surface area (Å²) in [4.78, 5) is 12.2. The Morgan fingerprint density at radius 3 is 2.84 bits per heavy atom. The number of hydrogen-bond donors (Lipinski definition) is 0. The smallest absolute Gasteiger partial charge is 0.267 e. The van der Waals surface area contributed by atoms with Crippen molar-refractivity contribution in [2.75, 3.05) is 0 Å². The van der Waals surface area contributed by atoms with E-state index in [1.165, 1.54) is 4.68 Å². The quantitative estimate of drug-likeness (QED) is 0.844. The minimum atomic E-state index is -0.347. The third-order valence-electron chi connectivity index (χ3n) is 3.24. The zero-order valence-electron chi connectivity index (χ0n) is 11.3. The summed E-state index contributed by atoms with van der Waals surface area (Å²) in [6.07, 6.45) is 3.24. The van der Waals surface area contributed by atoms with Gasteiger partial charge < -0.3 is 0 Å². The van der Waals surface area contributed by atoms with Crippen LogP contribution in [0.15, 0.2) is 35.3 Å². The van der Waals surface area contributed by atoms with Crippen LogP contribution >= 0.6 is 0 Å². The molecule has 0 bridgehead atoms. The van der Waals surface area contributed by atoms with Crippen molar-refractivity contribution in [3.63, 3.8) is 0 Å². The molecule has 0 saturated carbocycles. The van der Waals surface area contributed by atoms with E-state index in [4.69, 9.17) is 5.26 Å². The van der Waals surface area contributed by atoms with Gasteiger partial charge in [-0.15, -0.1) is 0 Å². The van der Waals surface area contributed by atoms with Gasteiger partial charge in [0, 0.05) is 11.9 Å². The minimum Gasteiger partial charge on any atom is -0.267 e. The van der Waals surface area contributed by atoms with E-state index in [0.717, 1.165) is 18.2 Å². The molecule has 0 saturated heterocycles. The summed E-state index contributed by atoms with van der Waals surface area (Å²) in [5, 5.41) is 14.7. The number of aromatic nitrogens is 2. The largest absolute Gasteiger partial charge is 0.274 e. The van der Waals surface area contributed by atoms with Crippen LogP contribution in [0.4, 0.5) is 0 Å². The third kappa shape index (κ3) is 3.00. The molecule has 0 unspecified atom stereocenters. The first-order chi connectivity index (χ1) is 9.03. The molecule has 0 fully saturated rings. The fourth-order valence-electron chi connectivity index (χ4n) is 2.01. The van der Waals surface area contributed by atoms with Crippen LogP contribution < -0.4 is 5.56 Å². The second-order valence-corrected chi connectivity index (χ2v) is 5.36. The summed E-state index contributed by atoms with van der Waals surface area (Å²) in [5.74, 6) is 0. The number of hydrogen-bond acceptors (Lipinski definition) is 3. The van der Waals surface area contributed by atoms with Gasteiger partial charge in [0.05, 0.1) is 23.1 Å². The Morgan fingerprint density at radius 2 is 2.11 bits per heavy atom. The molecule has 0 aliphatic carbocycles. The van der Waals surface area contributed by atoms with Gasteiger partial charge in [0.15, 0.2) is 0 Å². The summed E-state index contributed by atoms with van der Waals surface area (Å²) in [6, 6.07) is 9.71. The number of rotatable bonds is 4. The van der Waals surface area contributed by atoms with Crippen LogP contribution in [0.25, 0.3) is 10.8 Å². The second-order valence-electron chi connectivity index (χ2n) is 5.36. The highest BCUT2D eigenvalue weighted by atomic mass is 16.1. The van der Waals surface area contributed by atoms with Crippen molar-refractivity contribution in [1.29, 1.82) is 5.26 Å². The molecule has 0 amide bonds. The highest BCUT2D eigenvalue weighted by molar-refractivity contribution is 5.80. The Hall–Kier alpha value is -2.15. The number of aryl methyl sites for hydroxylation is 1. The van der Waals surface area contributed by atoms with Crippen LogP contribution in [-0.2, 0) is 6.54 Å². The summed E-state index contributed by atoms with van der Waals surface area (Å²) >= 11 is 0. The topological polar surface area (TPSA) is 58.7 Å². The van der Waals surface area contributed by atoms with E-state index < -0.39 is 0 Å². The molecular formula is C15H17N3O. The van der Waals surface area contributed by atoms with E-state index in [-0.39, 0.29) is 11.0 Å². The van der Waals surface area contributed by atoms with Crippen molar-refractivity contribution < 1.29 is 0 Å². The zero-order valence-corrected chi connectivity index (χ0v) is 11.3. The van der Waals surface area contributed by atoms with Crippen molar-refractivity contribution in [1.82, 2.24) is 9.78 Å². The normalized spacial score (nSPS) is 11.4. The molecule has 0 atom stereocenters. The van der Waals surface area contributed by atoms with Gasteiger partial charge in [0.25, 0.3) is 5.56 Å². The summed E-state index contributed by atoms with van der Waals surface area (Å²) in [6.45, 7) is 4.36. The average Bonchev–Trinajstić information content (AvgIpc) is 2.42. The number of fused-ring (bicyclic) bond motifs is 1. The molecular weight excluding hydrogens is 238 g/mol. The maximum Gasteiger partial charge on any atom is 0.274 e. The van der Waals surface area contributed by atoms with Crippen LogP contribution in [0.1, 0.15) is 26.7 Å². The van der Waals surface area contributed by atoms with Crippen LogP contribution in [0.5, 0.6) is 0 Å². The van der Waals surface area contributed by atoms with Gasteiger partial charge in [0.2, 0.25) is 0 Å². The lowest BCUT2D eigenvalue weighted by molar-refractivity contribution is 0.403. The average molecular weight is 255 g/mol. The highest BCUT2D eigenvalue weighted by Crippen LogP contribution is 2.20. The monoisotopic (exact) mass is 255 g/mol. The molecule has 4 heteroatoms. The van der Waals surface area contributed by atoms with Crippen molar-refractivity contribution in [3.8, 4) is 6.07 Å². The minimum absolute atomic E-state index is 0.0622. The van der Waals surface area contributed by atoms with Gasteiger partial charge >= 0.3 is 0 Å². The molecule has 0 radical (unpaired) electrons. The molecule has 0 aliphatic rings. The highest BCUT2D eigenvalue weighted by Gasteiger charge is 2.16. The van der Waals surface area contributed by atoms with Gasteiger partial charge in [-0.25, -0.2) is 4.68 Å². The van der Waals surface area contributed by atoms with Crippen LogP contribution in [-0.4, -0.2) is 9.78 Å². The first-order valence-electron chi connectivity index (χ1n) is 6.40. The second kappa shape index (κ2) is 5.23. The Bertz CT molecular complexity index is 680. The molecule has 98 valence electrons. The fraction of sp³-hybridized carbons (Fsp3) is 0.400. The molecule has 1 aromatic carbocycles. The van der Waals surface area contributed by atoms with Crippen LogP contribution in [0.2, 0.25) is 0 Å². The Morgan fingerprint density at radius 1 is 1.37 bits per heavy atom. The van der Waals surface area contributed by atoms with Gasteiger partial charge in [-0.3, -0.25) is 4.79 Å². The maximum atomic E-state index is 12.2. The predicted molar refractivity (Wildman–Crippen MR) is 74.6 cm³/mol. The van der Waals surface area contributed by atoms with Gasteiger partial charge in [-0.2, -0.15) is 10.4 Å². The van der Waals surface area contributed by atoms with E-state index in [0.29, 0.717) is 11.9 Å². The Kier molecular flexibility index (Phi) is 3.66. The lowest BCUT2D eigenvalue weighted by atomic mass is 9.90. The molecule has 0 spiro atoms. The number of nitrogens with zero attached hydrogens (tertiary/aromatic N) is 3. The summed E-state index contributed by atoms with van der Waals surface area (Å²) in [5.41, 5.74) is -0.409. The van der Waals surface area contributed by atoms with E-state index in [9.17, 15) is 4.79 Å². The molecule has 1 aromatic heterocycles. The van der Waals surface area contributed by atoms with Crippen LogP contribution in [0.3, 0.4) is 0 Å².